The Morgan fingerprint density at radius 2 is 2.21 bits per heavy atom. The highest BCUT2D eigenvalue weighted by atomic mass is 16.3. The fraction of sp³-hybridized carbons (Fsp3) is 0.143. The lowest BCUT2D eigenvalue weighted by atomic mass is 10.1. The number of terminal acetylenes is 1. The van der Waals surface area contributed by atoms with Gasteiger partial charge in [-0.3, -0.25) is 15.0 Å². The molecule has 0 saturated carbocycles. The van der Waals surface area contributed by atoms with Crippen molar-refractivity contribution in [2.75, 3.05) is 11.4 Å². The van der Waals surface area contributed by atoms with Crippen LogP contribution in [0.4, 0.5) is 10.5 Å². The zero-order valence-corrected chi connectivity index (χ0v) is 9.97. The average Bonchev–Trinajstić information content (AvgIpc) is 2.82. The lowest BCUT2D eigenvalue weighted by Gasteiger charge is -2.25. The zero-order valence-electron chi connectivity index (χ0n) is 9.97. The summed E-state index contributed by atoms with van der Waals surface area (Å²) in [6, 6.07) is 4.97. The Hall–Kier alpha value is -2.74. The largest absolute Gasteiger partial charge is 0.461 e. The summed E-state index contributed by atoms with van der Waals surface area (Å²) in [6.07, 6.45) is 7.16. The molecule has 3 rings (SSSR count). The molecule has 5 heteroatoms. The number of carbonyl (C=O) groups is 2. The van der Waals surface area contributed by atoms with E-state index >= 15 is 0 Å². The van der Waals surface area contributed by atoms with Crippen LogP contribution in [0.2, 0.25) is 0 Å². The molecule has 0 bridgehead atoms. The van der Waals surface area contributed by atoms with Gasteiger partial charge in [0.15, 0.2) is 5.58 Å². The molecule has 0 radical (unpaired) electrons. The SMILES string of the molecule is C#Cc1cccc2c(N3CCC(=O)NC3=O)coc12. The monoisotopic (exact) mass is 254 g/mol. The summed E-state index contributed by atoms with van der Waals surface area (Å²) >= 11 is 0. The molecule has 94 valence electrons. The van der Waals surface area contributed by atoms with E-state index in [-0.39, 0.29) is 12.3 Å². The van der Waals surface area contributed by atoms with Crippen molar-refractivity contribution in [1.29, 1.82) is 0 Å². The molecule has 5 nitrogen and oxygen atoms in total. The molecule has 0 unspecified atom stereocenters. The summed E-state index contributed by atoms with van der Waals surface area (Å²) in [7, 11) is 0. The summed E-state index contributed by atoms with van der Waals surface area (Å²) in [4.78, 5) is 24.4. The maximum absolute atomic E-state index is 11.8. The Labute approximate surface area is 109 Å². The quantitative estimate of drug-likeness (QED) is 0.790. The van der Waals surface area contributed by atoms with Crippen LogP contribution in [-0.4, -0.2) is 18.5 Å². The highest BCUT2D eigenvalue weighted by Gasteiger charge is 2.26. The van der Waals surface area contributed by atoms with E-state index < -0.39 is 6.03 Å². The molecule has 1 saturated heterocycles. The number of hydrogen-bond acceptors (Lipinski definition) is 3. The van der Waals surface area contributed by atoms with E-state index in [4.69, 9.17) is 10.8 Å². The van der Waals surface area contributed by atoms with Crippen molar-refractivity contribution < 1.29 is 14.0 Å². The fourth-order valence-corrected chi connectivity index (χ4v) is 2.16. The van der Waals surface area contributed by atoms with Gasteiger partial charge in [-0.05, 0) is 12.1 Å². The predicted molar refractivity (Wildman–Crippen MR) is 69.7 cm³/mol. The van der Waals surface area contributed by atoms with Crippen LogP contribution in [0.15, 0.2) is 28.9 Å². The Morgan fingerprint density at radius 3 is 2.95 bits per heavy atom. The fourth-order valence-electron chi connectivity index (χ4n) is 2.16. The third kappa shape index (κ3) is 1.74. The number of imide groups is 1. The molecule has 19 heavy (non-hydrogen) atoms. The molecule has 0 spiro atoms. The van der Waals surface area contributed by atoms with Crippen molar-refractivity contribution in [2.45, 2.75) is 6.42 Å². The van der Waals surface area contributed by atoms with Crippen LogP contribution in [-0.2, 0) is 4.79 Å². The Balaban J connectivity index is 2.09. The molecule has 1 N–H and O–H groups in total. The van der Waals surface area contributed by atoms with E-state index in [1.54, 1.807) is 6.07 Å². The first kappa shape index (κ1) is 11.4. The lowest BCUT2D eigenvalue weighted by Crippen LogP contribution is -2.49. The summed E-state index contributed by atoms with van der Waals surface area (Å²) in [5.74, 6) is 2.27. The minimum Gasteiger partial charge on any atom is -0.461 e. The third-order valence-electron chi connectivity index (χ3n) is 3.08. The number of anilines is 1. The van der Waals surface area contributed by atoms with Crippen molar-refractivity contribution >= 4 is 28.6 Å². The van der Waals surface area contributed by atoms with Crippen molar-refractivity contribution in [3.8, 4) is 12.3 Å². The van der Waals surface area contributed by atoms with Crippen molar-refractivity contribution in [2.24, 2.45) is 0 Å². The minimum atomic E-state index is -0.440. The first-order chi connectivity index (χ1) is 9.20. The molecule has 0 atom stereocenters. The van der Waals surface area contributed by atoms with Gasteiger partial charge in [-0.15, -0.1) is 6.42 Å². The number of para-hydroxylation sites is 1. The van der Waals surface area contributed by atoms with Gasteiger partial charge in [0.1, 0.15) is 6.26 Å². The van der Waals surface area contributed by atoms with E-state index in [2.05, 4.69) is 11.2 Å². The summed E-state index contributed by atoms with van der Waals surface area (Å²) in [5, 5.41) is 3.04. The average molecular weight is 254 g/mol. The Morgan fingerprint density at radius 1 is 1.37 bits per heavy atom. The second-order valence-electron chi connectivity index (χ2n) is 4.20. The normalized spacial score (nSPS) is 15.4. The van der Waals surface area contributed by atoms with Gasteiger partial charge in [0, 0.05) is 18.4 Å². The molecule has 1 aromatic heterocycles. The van der Waals surface area contributed by atoms with Crippen LogP contribution in [0.1, 0.15) is 12.0 Å². The number of urea groups is 1. The van der Waals surface area contributed by atoms with Gasteiger partial charge >= 0.3 is 6.03 Å². The van der Waals surface area contributed by atoms with Crippen LogP contribution in [0, 0.1) is 12.3 Å². The van der Waals surface area contributed by atoms with Gasteiger partial charge < -0.3 is 4.42 Å². The van der Waals surface area contributed by atoms with Crippen molar-refractivity contribution in [3.63, 3.8) is 0 Å². The number of benzene rings is 1. The highest BCUT2D eigenvalue weighted by molar-refractivity contribution is 6.09. The van der Waals surface area contributed by atoms with Crippen LogP contribution >= 0.6 is 0 Å². The van der Waals surface area contributed by atoms with Gasteiger partial charge in [-0.1, -0.05) is 12.0 Å². The topological polar surface area (TPSA) is 62.6 Å². The molecule has 2 aromatic rings. The summed E-state index contributed by atoms with van der Waals surface area (Å²) in [6.45, 7) is 0.333. The van der Waals surface area contributed by atoms with Gasteiger partial charge in [0.25, 0.3) is 0 Å². The van der Waals surface area contributed by atoms with E-state index in [0.717, 1.165) is 5.39 Å². The molecule has 2 heterocycles. The molecule has 1 aromatic carbocycles. The van der Waals surface area contributed by atoms with Crippen LogP contribution in [0.5, 0.6) is 0 Å². The summed E-state index contributed by atoms with van der Waals surface area (Å²) in [5.41, 5.74) is 1.83. The molecular formula is C14H10N2O3. The second kappa shape index (κ2) is 4.18. The number of rotatable bonds is 1. The van der Waals surface area contributed by atoms with E-state index in [1.807, 2.05) is 12.1 Å². The Kier molecular flexibility index (Phi) is 2.50. The highest BCUT2D eigenvalue weighted by Crippen LogP contribution is 2.31. The maximum Gasteiger partial charge on any atom is 0.328 e. The number of fused-ring (bicyclic) bond motifs is 1. The predicted octanol–water partition coefficient (Wildman–Crippen LogP) is 1.86. The number of nitrogens with one attached hydrogen (secondary N) is 1. The number of carbonyl (C=O) groups excluding carboxylic acids is 2. The van der Waals surface area contributed by atoms with Gasteiger partial charge in [-0.25, -0.2) is 4.79 Å². The molecule has 1 aliphatic heterocycles. The van der Waals surface area contributed by atoms with E-state index in [9.17, 15) is 9.59 Å². The van der Waals surface area contributed by atoms with E-state index in [1.165, 1.54) is 11.2 Å². The molecule has 0 aliphatic carbocycles. The number of furan rings is 1. The van der Waals surface area contributed by atoms with Crippen molar-refractivity contribution in [1.82, 2.24) is 5.32 Å². The lowest BCUT2D eigenvalue weighted by molar-refractivity contribution is -0.120. The number of amides is 3. The van der Waals surface area contributed by atoms with Crippen LogP contribution in [0.3, 0.4) is 0 Å². The van der Waals surface area contributed by atoms with Crippen LogP contribution < -0.4 is 10.2 Å². The smallest absolute Gasteiger partial charge is 0.328 e. The second-order valence-corrected chi connectivity index (χ2v) is 4.20. The first-order valence-corrected chi connectivity index (χ1v) is 5.79. The standard InChI is InChI=1S/C14H10N2O3/c1-2-9-4-3-5-10-11(8-19-13(9)10)16-7-6-12(17)15-14(16)18/h1,3-5,8H,6-7H2,(H,15,17,18). The molecule has 3 amide bonds. The minimum absolute atomic E-state index is 0.265. The van der Waals surface area contributed by atoms with E-state index in [0.29, 0.717) is 23.4 Å². The zero-order chi connectivity index (χ0) is 13.4. The number of hydrogen-bond donors (Lipinski definition) is 1. The van der Waals surface area contributed by atoms with Gasteiger partial charge in [-0.2, -0.15) is 0 Å². The third-order valence-corrected chi connectivity index (χ3v) is 3.08. The number of nitrogens with zero attached hydrogens (tertiary/aromatic N) is 1. The molecule has 1 aliphatic rings. The molecule has 1 fully saturated rings. The first-order valence-electron chi connectivity index (χ1n) is 5.79. The summed E-state index contributed by atoms with van der Waals surface area (Å²) < 4.78 is 5.45. The maximum atomic E-state index is 11.8. The molecular weight excluding hydrogens is 244 g/mol. The van der Waals surface area contributed by atoms with Gasteiger partial charge in [0.2, 0.25) is 5.91 Å². The van der Waals surface area contributed by atoms with Crippen molar-refractivity contribution in [3.05, 3.63) is 30.0 Å². The van der Waals surface area contributed by atoms with Gasteiger partial charge in [0.05, 0.1) is 11.3 Å². The van der Waals surface area contributed by atoms with Crippen LogP contribution in [0.25, 0.3) is 11.0 Å². The Bertz CT molecular complexity index is 724.